The van der Waals surface area contributed by atoms with E-state index in [2.05, 4.69) is 40.7 Å². The molecule has 0 aliphatic carbocycles. The van der Waals surface area contributed by atoms with Crippen molar-refractivity contribution in [1.29, 1.82) is 0 Å². The normalized spacial score (nSPS) is 12.5. The van der Waals surface area contributed by atoms with Crippen molar-refractivity contribution in [2.45, 2.75) is 13.1 Å². The van der Waals surface area contributed by atoms with E-state index < -0.39 is 0 Å². The van der Waals surface area contributed by atoms with Crippen LogP contribution in [0.3, 0.4) is 0 Å². The third-order valence-electron chi connectivity index (χ3n) is 3.80. The van der Waals surface area contributed by atoms with E-state index in [1.165, 1.54) is 11.1 Å². The van der Waals surface area contributed by atoms with Crippen LogP contribution in [0.25, 0.3) is 5.69 Å². The summed E-state index contributed by atoms with van der Waals surface area (Å²) in [6, 6.07) is 16.3. The molecule has 5 nitrogen and oxygen atoms in total. The Labute approximate surface area is 134 Å². The van der Waals surface area contributed by atoms with Gasteiger partial charge in [0.2, 0.25) is 6.79 Å². The third-order valence-corrected chi connectivity index (χ3v) is 3.80. The number of hydrogen-bond donors (Lipinski definition) is 1. The molecule has 0 radical (unpaired) electrons. The Kier molecular flexibility index (Phi) is 3.70. The van der Waals surface area contributed by atoms with E-state index in [9.17, 15) is 0 Å². The lowest BCUT2D eigenvalue weighted by Gasteiger charge is -2.07. The first kappa shape index (κ1) is 13.8. The molecule has 2 aromatic carbocycles. The Morgan fingerprint density at radius 3 is 2.57 bits per heavy atom. The molecule has 0 saturated carbocycles. The quantitative estimate of drug-likeness (QED) is 0.787. The molecule has 1 aliphatic heterocycles. The molecule has 116 valence electrons. The fourth-order valence-electron chi connectivity index (χ4n) is 2.59. The zero-order chi connectivity index (χ0) is 15.5. The van der Waals surface area contributed by atoms with Crippen LogP contribution in [0.2, 0.25) is 0 Å². The summed E-state index contributed by atoms with van der Waals surface area (Å²) in [6.45, 7) is 1.92. The van der Waals surface area contributed by atoms with Crippen LogP contribution in [0.4, 0.5) is 0 Å². The van der Waals surface area contributed by atoms with Gasteiger partial charge in [0.1, 0.15) is 0 Å². The lowest BCUT2D eigenvalue weighted by atomic mass is 10.1. The number of fused-ring (bicyclic) bond motifs is 1. The fraction of sp³-hybridized carbons (Fsp3) is 0.167. The summed E-state index contributed by atoms with van der Waals surface area (Å²) in [4.78, 5) is 0. The van der Waals surface area contributed by atoms with E-state index >= 15 is 0 Å². The standard InChI is InChI=1S/C18H17N3O2/c1-8-20-21(9-1)16-5-2-14(3-6-16)11-19-12-15-4-7-17-18(10-15)23-13-22-17/h1-10,19H,11-13H2. The molecule has 0 atom stereocenters. The van der Waals surface area contributed by atoms with Gasteiger partial charge in [-0.05, 0) is 41.5 Å². The summed E-state index contributed by atoms with van der Waals surface area (Å²) >= 11 is 0. The summed E-state index contributed by atoms with van der Waals surface area (Å²) in [6.07, 6.45) is 3.72. The molecule has 0 spiro atoms. The van der Waals surface area contributed by atoms with E-state index in [-0.39, 0.29) is 0 Å². The number of hydrogen-bond acceptors (Lipinski definition) is 4. The van der Waals surface area contributed by atoms with Crippen molar-refractivity contribution in [1.82, 2.24) is 15.1 Å². The summed E-state index contributed by atoms with van der Waals surface area (Å²) in [5, 5.41) is 7.67. The van der Waals surface area contributed by atoms with Crippen molar-refractivity contribution in [2.24, 2.45) is 0 Å². The Bertz CT molecular complexity index is 783. The van der Waals surface area contributed by atoms with Gasteiger partial charge in [-0.3, -0.25) is 0 Å². The predicted octanol–water partition coefficient (Wildman–Crippen LogP) is 2.89. The van der Waals surface area contributed by atoms with Crippen molar-refractivity contribution >= 4 is 0 Å². The van der Waals surface area contributed by atoms with Crippen LogP contribution in [0.5, 0.6) is 11.5 Å². The van der Waals surface area contributed by atoms with Crippen LogP contribution in [0, 0.1) is 0 Å². The zero-order valence-electron chi connectivity index (χ0n) is 12.6. The van der Waals surface area contributed by atoms with Crippen LogP contribution < -0.4 is 14.8 Å². The second kappa shape index (κ2) is 6.14. The van der Waals surface area contributed by atoms with Crippen molar-refractivity contribution in [2.75, 3.05) is 6.79 Å². The molecule has 0 bridgehead atoms. The molecule has 0 saturated heterocycles. The molecular formula is C18H17N3O2. The Morgan fingerprint density at radius 2 is 1.74 bits per heavy atom. The summed E-state index contributed by atoms with van der Waals surface area (Å²) in [5.41, 5.74) is 3.48. The first-order chi connectivity index (χ1) is 11.4. The Balaban J connectivity index is 1.34. The minimum atomic E-state index is 0.314. The second-order valence-corrected chi connectivity index (χ2v) is 5.41. The van der Waals surface area contributed by atoms with Crippen LogP contribution in [0.15, 0.2) is 60.9 Å². The van der Waals surface area contributed by atoms with Crippen LogP contribution >= 0.6 is 0 Å². The molecule has 2 heterocycles. The van der Waals surface area contributed by atoms with Gasteiger partial charge in [-0.15, -0.1) is 0 Å². The van der Waals surface area contributed by atoms with Gasteiger partial charge < -0.3 is 14.8 Å². The number of rotatable bonds is 5. The fourth-order valence-corrected chi connectivity index (χ4v) is 2.59. The molecule has 0 unspecified atom stereocenters. The number of benzene rings is 2. The maximum absolute atomic E-state index is 5.39. The summed E-state index contributed by atoms with van der Waals surface area (Å²) in [5.74, 6) is 1.65. The molecule has 0 amide bonds. The Hall–Kier alpha value is -2.79. The van der Waals surface area contributed by atoms with E-state index in [1.54, 1.807) is 6.20 Å². The molecular weight excluding hydrogens is 290 g/mol. The van der Waals surface area contributed by atoms with Crippen molar-refractivity contribution in [3.63, 3.8) is 0 Å². The molecule has 4 rings (SSSR count). The highest BCUT2D eigenvalue weighted by atomic mass is 16.7. The average Bonchev–Trinajstić information content (AvgIpc) is 3.27. The van der Waals surface area contributed by atoms with Crippen molar-refractivity contribution < 1.29 is 9.47 Å². The van der Waals surface area contributed by atoms with Gasteiger partial charge >= 0.3 is 0 Å². The smallest absolute Gasteiger partial charge is 0.231 e. The first-order valence-electron chi connectivity index (χ1n) is 7.57. The number of aromatic nitrogens is 2. The van der Waals surface area contributed by atoms with E-state index in [0.717, 1.165) is 30.3 Å². The van der Waals surface area contributed by atoms with Crippen molar-refractivity contribution in [3.05, 3.63) is 72.1 Å². The highest BCUT2D eigenvalue weighted by Gasteiger charge is 2.12. The highest BCUT2D eigenvalue weighted by molar-refractivity contribution is 5.44. The second-order valence-electron chi connectivity index (χ2n) is 5.41. The minimum absolute atomic E-state index is 0.314. The van der Waals surface area contributed by atoms with Gasteiger partial charge in [-0.1, -0.05) is 18.2 Å². The van der Waals surface area contributed by atoms with Crippen LogP contribution in [0.1, 0.15) is 11.1 Å². The maximum atomic E-state index is 5.39. The van der Waals surface area contributed by atoms with Crippen LogP contribution in [-0.4, -0.2) is 16.6 Å². The molecule has 5 heteroatoms. The number of ether oxygens (including phenoxy) is 2. The summed E-state index contributed by atoms with van der Waals surface area (Å²) in [7, 11) is 0. The van der Waals surface area contributed by atoms with E-state index in [4.69, 9.17) is 9.47 Å². The zero-order valence-corrected chi connectivity index (χ0v) is 12.6. The lowest BCUT2D eigenvalue weighted by molar-refractivity contribution is 0.174. The van der Waals surface area contributed by atoms with E-state index in [1.807, 2.05) is 29.1 Å². The molecule has 0 fully saturated rings. The maximum Gasteiger partial charge on any atom is 0.231 e. The monoisotopic (exact) mass is 307 g/mol. The predicted molar refractivity (Wildman–Crippen MR) is 86.7 cm³/mol. The first-order valence-corrected chi connectivity index (χ1v) is 7.57. The van der Waals surface area contributed by atoms with Gasteiger partial charge in [0, 0.05) is 25.5 Å². The number of nitrogens with zero attached hydrogens (tertiary/aromatic N) is 2. The number of nitrogens with one attached hydrogen (secondary N) is 1. The average molecular weight is 307 g/mol. The molecule has 23 heavy (non-hydrogen) atoms. The highest BCUT2D eigenvalue weighted by Crippen LogP contribution is 2.32. The van der Waals surface area contributed by atoms with Gasteiger partial charge in [0.15, 0.2) is 11.5 Å². The topological polar surface area (TPSA) is 48.3 Å². The molecule has 1 N–H and O–H groups in total. The Morgan fingerprint density at radius 1 is 0.957 bits per heavy atom. The SMILES string of the molecule is c1cnn(-c2ccc(CNCc3ccc4c(c3)OCO4)cc2)c1. The van der Waals surface area contributed by atoms with Gasteiger partial charge in [-0.2, -0.15) is 5.10 Å². The van der Waals surface area contributed by atoms with Crippen LogP contribution in [-0.2, 0) is 13.1 Å². The summed E-state index contributed by atoms with van der Waals surface area (Å²) < 4.78 is 12.6. The van der Waals surface area contributed by atoms with Gasteiger partial charge in [0.05, 0.1) is 5.69 Å². The van der Waals surface area contributed by atoms with Gasteiger partial charge in [-0.25, -0.2) is 4.68 Å². The van der Waals surface area contributed by atoms with E-state index in [0.29, 0.717) is 6.79 Å². The molecule has 1 aromatic heterocycles. The van der Waals surface area contributed by atoms with Gasteiger partial charge in [0.25, 0.3) is 0 Å². The minimum Gasteiger partial charge on any atom is -0.454 e. The third kappa shape index (κ3) is 3.05. The molecule has 3 aromatic rings. The van der Waals surface area contributed by atoms with Crippen molar-refractivity contribution in [3.8, 4) is 17.2 Å². The molecule has 1 aliphatic rings. The largest absolute Gasteiger partial charge is 0.454 e. The lowest BCUT2D eigenvalue weighted by Crippen LogP contribution is -2.12.